The first-order chi connectivity index (χ1) is 18.0. The number of carbonyl (C=O) groups excluding carboxylic acids is 1. The number of hydrogen-bond donors (Lipinski definition) is 3. The van der Waals surface area contributed by atoms with Crippen LogP contribution in [-0.4, -0.2) is 37.3 Å². The first kappa shape index (κ1) is 28.4. The Hall–Kier alpha value is -4.14. The molecule has 3 N–H and O–H groups in total. The van der Waals surface area contributed by atoms with Crippen molar-refractivity contribution in [3.05, 3.63) is 71.8 Å². The fourth-order valence-corrected chi connectivity index (χ4v) is 4.17. The number of halogens is 2. The van der Waals surface area contributed by atoms with Gasteiger partial charge in [-0.25, -0.2) is 18.4 Å². The van der Waals surface area contributed by atoms with E-state index in [1.807, 2.05) is 6.07 Å². The molecule has 3 aromatic carbocycles. The number of anilines is 3. The molecule has 0 radical (unpaired) electrons. The zero-order chi connectivity index (χ0) is 28.0. The number of nitrogens with zero attached hydrogens (tertiary/aromatic N) is 1. The highest BCUT2D eigenvalue weighted by molar-refractivity contribution is 6.03. The van der Waals surface area contributed by atoms with Crippen LogP contribution in [0, 0.1) is 23.5 Å². The molecule has 0 heterocycles. The Bertz CT molecular complexity index is 1300. The molecule has 7 nitrogen and oxygen atoms in total. The number of urea groups is 1. The third-order valence-electron chi connectivity index (χ3n) is 5.70. The summed E-state index contributed by atoms with van der Waals surface area (Å²) in [6, 6.07) is 12.1. The smallest absolute Gasteiger partial charge is 0.336 e. The molecule has 0 aliphatic heterocycles. The molecule has 0 saturated carbocycles. The summed E-state index contributed by atoms with van der Waals surface area (Å²) in [5, 5.41) is 15.0. The normalized spacial score (nSPS) is 11.0. The lowest BCUT2D eigenvalue weighted by atomic mass is 9.97. The van der Waals surface area contributed by atoms with Crippen LogP contribution in [0.25, 0.3) is 11.1 Å². The van der Waals surface area contributed by atoms with Crippen LogP contribution >= 0.6 is 0 Å². The number of methoxy groups -OCH3 is 1. The Morgan fingerprint density at radius 2 is 1.55 bits per heavy atom. The molecule has 0 atom stereocenters. The minimum Gasteiger partial charge on any atom is -0.497 e. The minimum absolute atomic E-state index is 0.0727. The maximum Gasteiger partial charge on any atom is 0.336 e. The molecule has 0 aliphatic rings. The van der Waals surface area contributed by atoms with Gasteiger partial charge < -0.3 is 25.4 Å². The fourth-order valence-electron chi connectivity index (χ4n) is 4.17. The number of ether oxygens (including phenoxy) is 1. The van der Waals surface area contributed by atoms with Crippen LogP contribution in [0.3, 0.4) is 0 Å². The Morgan fingerprint density at radius 1 is 0.895 bits per heavy atom. The number of carbonyl (C=O) groups is 2. The number of rotatable bonds is 10. The van der Waals surface area contributed by atoms with Gasteiger partial charge in [-0.1, -0.05) is 33.8 Å². The van der Waals surface area contributed by atoms with Crippen molar-refractivity contribution in [2.24, 2.45) is 11.8 Å². The topological polar surface area (TPSA) is 90.9 Å². The first-order valence-electron chi connectivity index (χ1n) is 12.3. The number of hydrogen-bond acceptors (Lipinski definition) is 4. The zero-order valence-electron chi connectivity index (χ0n) is 22.1. The lowest BCUT2D eigenvalue weighted by Crippen LogP contribution is -2.32. The Morgan fingerprint density at radius 3 is 2.13 bits per heavy atom. The van der Waals surface area contributed by atoms with E-state index in [0.717, 1.165) is 17.8 Å². The summed E-state index contributed by atoms with van der Waals surface area (Å²) >= 11 is 0. The van der Waals surface area contributed by atoms with Crippen LogP contribution in [0.4, 0.5) is 30.6 Å². The van der Waals surface area contributed by atoms with E-state index in [1.165, 1.54) is 13.2 Å². The van der Waals surface area contributed by atoms with Crippen molar-refractivity contribution < 1.29 is 28.2 Å². The van der Waals surface area contributed by atoms with Crippen molar-refractivity contribution in [3.8, 4) is 16.9 Å². The van der Waals surface area contributed by atoms with Gasteiger partial charge in [0.25, 0.3) is 0 Å². The van der Waals surface area contributed by atoms with E-state index in [0.29, 0.717) is 53.6 Å². The maximum atomic E-state index is 14.2. The van der Waals surface area contributed by atoms with Crippen molar-refractivity contribution in [1.82, 2.24) is 0 Å². The molecule has 0 aromatic heterocycles. The van der Waals surface area contributed by atoms with Gasteiger partial charge >= 0.3 is 12.0 Å². The second kappa shape index (κ2) is 12.4. The van der Waals surface area contributed by atoms with E-state index in [2.05, 4.69) is 43.2 Å². The average Bonchev–Trinajstić information content (AvgIpc) is 2.84. The Kier molecular flexibility index (Phi) is 9.28. The quantitative estimate of drug-likeness (QED) is 0.263. The molecule has 3 aromatic rings. The molecule has 2 amide bonds. The van der Waals surface area contributed by atoms with Gasteiger partial charge in [-0.3, -0.25) is 0 Å². The van der Waals surface area contributed by atoms with Crippen molar-refractivity contribution in [2.45, 2.75) is 27.7 Å². The molecular formula is C29H33F2N3O4. The molecule has 0 bridgehead atoms. The van der Waals surface area contributed by atoms with Crippen molar-refractivity contribution in [3.63, 3.8) is 0 Å². The highest BCUT2D eigenvalue weighted by atomic mass is 19.1. The van der Waals surface area contributed by atoms with Crippen LogP contribution in [0.15, 0.2) is 54.6 Å². The highest BCUT2D eigenvalue weighted by Crippen LogP contribution is 2.36. The van der Waals surface area contributed by atoms with Gasteiger partial charge in [-0.15, -0.1) is 0 Å². The van der Waals surface area contributed by atoms with Gasteiger partial charge in [0.05, 0.1) is 29.7 Å². The lowest BCUT2D eigenvalue weighted by Gasteiger charge is -2.31. The summed E-state index contributed by atoms with van der Waals surface area (Å²) in [4.78, 5) is 27.0. The van der Waals surface area contributed by atoms with E-state index < -0.39 is 23.6 Å². The maximum absolute atomic E-state index is 14.2. The largest absolute Gasteiger partial charge is 0.497 e. The van der Waals surface area contributed by atoms with Crippen molar-refractivity contribution in [1.29, 1.82) is 0 Å². The van der Waals surface area contributed by atoms with Gasteiger partial charge in [-0.05, 0) is 65.4 Å². The van der Waals surface area contributed by atoms with Crippen LogP contribution in [0.2, 0.25) is 0 Å². The second-order valence-corrected chi connectivity index (χ2v) is 9.84. The third kappa shape index (κ3) is 7.21. The molecule has 0 fully saturated rings. The molecule has 202 valence electrons. The molecule has 3 rings (SSSR count). The molecular weight excluding hydrogens is 492 g/mol. The summed E-state index contributed by atoms with van der Waals surface area (Å²) in [6.45, 7) is 9.78. The standard InChI is InChI=1S/C29H33F2N3O4/c1-17(2)15-34(16-18(3)4)27-11-6-19(23-14-21(38-5)8-9-22(23)28(35)36)12-26(27)33-29(37)32-25-10-7-20(30)13-24(25)31/h6-14,17-18H,15-16H2,1-5H3,(H,35,36)(H2,32,33,37). The molecule has 0 unspecified atom stereocenters. The molecule has 38 heavy (non-hydrogen) atoms. The number of aromatic carboxylic acids is 1. The van der Waals surface area contributed by atoms with Gasteiger partial charge in [-0.2, -0.15) is 0 Å². The summed E-state index contributed by atoms with van der Waals surface area (Å²) in [7, 11) is 1.49. The third-order valence-corrected chi connectivity index (χ3v) is 5.70. The summed E-state index contributed by atoms with van der Waals surface area (Å²) in [5.74, 6) is -1.64. The van der Waals surface area contributed by atoms with Gasteiger partial charge in [0, 0.05) is 19.2 Å². The number of carboxylic acid groups (broad SMARTS) is 1. The number of carboxylic acids is 1. The number of amides is 2. The Labute approximate surface area is 221 Å². The van der Waals surface area contributed by atoms with Crippen LogP contribution in [-0.2, 0) is 0 Å². The average molecular weight is 526 g/mol. The van der Waals surface area contributed by atoms with Crippen molar-refractivity contribution >= 4 is 29.1 Å². The SMILES string of the molecule is COc1ccc(C(=O)O)c(-c2ccc(N(CC(C)C)CC(C)C)c(NC(=O)Nc3ccc(F)cc3F)c2)c1. The van der Waals surface area contributed by atoms with E-state index in [1.54, 1.807) is 24.3 Å². The van der Waals surface area contributed by atoms with Gasteiger partial charge in [0.2, 0.25) is 0 Å². The summed E-state index contributed by atoms with van der Waals surface area (Å²) in [6.07, 6.45) is 0. The fraction of sp³-hybridized carbons (Fsp3) is 0.310. The Balaban J connectivity index is 2.09. The molecule has 0 spiro atoms. The van der Waals surface area contributed by atoms with E-state index >= 15 is 0 Å². The predicted molar refractivity (Wildman–Crippen MR) is 146 cm³/mol. The van der Waals surface area contributed by atoms with E-state index in [4.69, 9.17) is 4.74 Å². The monoisotopic (exact) mass is 525 g/mol. The predicted octanol–water partition coefficient (Wildman–Crippen LogP) is 7.10. The second-order valence-electron chi connectivity index (χ2n) is 9.84. The summed E-state index contributed by atoms with van der Waals surface area (Å²) < 4.78 is 32.8. The minimum atomic E-state index is -1.10. The molecule has 0 saturated heterocycles. The molecule has 0 aliphatic carbocycles. The summed E-state index contributed by atoms with van der Waals surface area (Å²) in [5.41, 5.74) is 1.99. The number of nitrogens with one attached hydrogen (secondary N) is 2. The van der Waals surface area contributed by atoms with Crippen LogP contribution < -0.4 is 20.3 Å². The number of benzene rings is 3. The van der Waals surface area contributed by atoms with E-state index in [-0.39, 0.29) is 11.3 Å². The van der Waals surface area contributed by atoms with Gasteiger partial charge in [0.1, 0.15) is 17.4 Å². The highest BCUT2D eigenvalue weighted by Gasteiger charge is 2.20. The van der Waals surface area contributed by atoms with Gasteiger partial charge in [0.15, 0.2) is 0 Å². The van der Waals surface area contributed by atoms with Crippen LogP contribution in [0.1, 0.15) is 38.1 Å². The lowest BCUT2D eigenvalue weighted by molar-refractivity contribution is 0.0697. The van der Waals surface area contributed by atoms with Crippen molar-refractivity contribution in [2.75, 3.05) is 35.7 Å². The first-order valence-corrected chi connectivity index (χ1v) is 12.3. The molecule has 9 heteroatoms. The van der Waals surface area contributed by atoms with Crippen LogP contribution in [0.5, 0.6) is 5.75 Å². The zero-order valence-corrected chi connectivity index (χ0v) is 22.1. The van der Waals surface area contributed by atoms with E-state index in [9.17, 15) is 23.5 Å².